The maximum Gasteiger partial charge on any atom is 0.122 e. The smallest absolute Gasteiger partial charge is 0.122 e. The molecule has 1 aliphatic heterocycles. The van der Waals surface area contributed by atoms with Gasteiger partial charge in [0, 0.05) is 31.7 Å². The number of likely N-dealkylation sites (N-methyl/N-ethyl adjacent to an activating group) is 2. The number of nitriles is 1. The first-order chi connectivity index (χ1) is 8.52. The topological polar surface area (TPSA) is 42.3 Å². The molecule has 2 aliphatic rings. The third-order valence-electron chi connectivity index (χ3n) is 4.83. The molecule has 1 saturated carbocycles. The molecule has 0 bridgehead atoms. The predicted octanol–water partition coefficient (Wildman–Crippen LogP) is 0.903. The summed E-state index contributed by atoms with van der Waals surface area (Å²) < 4.78 is 0. The molecule has 0 radical (unpaired) electrons. The fraction of sp³-hybridized carbons (Fsp3) is 0.929. The van der Waals surface area contributed by atoms with E-state index in [1.54, 1.807) is 0 Å². The Morgan fingerprint density at radius 2 is 1.83 bits per heavy atom. The third-order valence-corrected chi connectivity index (χ3v) is 4.83. The van der Waals surface area contributed by atoms with Crippen LogP contribution in [0.2, 0.25) is 0 Å². The maximum absolute atomic E-state index is 9.55. The van der Waals surface area contributed by atoms with Crippen LogP contribution in [0.15, 0.2) is 0 Å². The van der Waals surface area contributed by atoms with E-state index in [0.29, 0.717) is 18.0 Å². The van der Waals surface area contributed by atoms with Crippen LogP contribution in [0.1, 0.15) is 26.7 Å². The Hall–Kier alpha value is -0.630. The molecular formula is C14H26N4. The highest BCUT2D eigenvalue weighted by Crippen LogP contribution is 2.40. The van der Waals surface area contributed by atoms with Gasteiger partial charge in [0.2, 0.25) is 0 Å². The molecule has 3 atom stereocenters. The summed E-state index contributed by atoms with van der Waals surface area (Å²) in [5.41, 5.74) is -0.324. The number of nitrogens with one attached hydrogen (secondary N) is 1. The molecule has 3 unspecified atom stereocenters. The van der Waals surface area contributed by atoms with Gasteiger partial charge in [-0.3, -0.25) is 9.80 Å². The van der Waals surface area contributed by atoms with E-state index < -0.39 is 0 Å². The van der Waals surface area contributed by atoms with Gasteiger partial charge < -0.3 is 5.32 Å². The normalized spacial score (nSPS) is 33.9. The summed E-state index contributed by atoms with van der Waals surface area (Å²) >= 11 is 0. The van der Waals surface area contributed by atoms with Crippen LogP contribution in [0.5, 0.6) is 0 Å². The SMILES string of the molecule is CNC(C#N)(CN1CC(C)N(C)C(C)C1)C1CC1. The van der Waals surface area contributed by atoms with Gasteiger partial charge in [-0.05, 0) is 46.7 Å². The standard InChI is InChI=1S/C14H26N4/c1-11-7-18(8-12(2)17(11)4)10-14(9-15,16-3)13-5-6-13/h11-13,16H,5-8,10H2,1-4H3. The average Bonchev–Trinajstić information content (AvgIpc) is 3.17. The quantitative estimate of drug-likeness (QED) is 0.805. The molecule has 4 nitrogen and oxygen atoms in total. The minimum absolute atomic E-state index is 0.324. The molecule has 2 rings (SSSR count). The summed E-state index contributed by atoms with van der Waals surface area (Å²) in [6.07, 6.45) is 2.40. The second-order valence-corrected chi connectivity index (χ2v) is 6.17. The highest BCUT2D eigenvalue weighted by atomic mass is 15.3. The number of rotatable bonds is 4. The summed E-state index contributed by atoms with van der Waals surface area (Å²) in [4.78, 5) is 4.90. The van der Waals surface area contributed by atoms with Crippen LogP contribution < -0.4 is 5.32 Å². The van der Waals surface area contributed by atoms with Gasteiger partial charge in [-0.15, -0.1) is 0 Å². The zero-order chi connectivity index (χ0) is 13.3. The monoisotopic (exact) mass is 250 g/mol. The lowest BCUT2D eigenvalue weighted by molar-refractivity contribution is 0.0462. The van der Waals surface area contributed by atoms with Crippen molar-refractivity contribution in [2.24, 2.45) is 5.92 Å². The molecule has 1 N–H and O–H groups in total. The third kappa shape index (κ3) is 2.54. The lowest BCUT2D eigenvalue weighted by atomic mass is 9.93. The predicted molar refractivity (Wildman–Crippen MR) is 73.3 cm³/mol. The van der Waals surface area contributed by atoms with Crippen LogP contribution >= 0.6 is 0 Å². The molecule has 1 saturated heterocycles. The van der Waals surface area contributed by atoms with Crippen molar-refractivity contribution in [2.45, 2.75) is 44.3 Å². The average molecular weight is 250 g/mol. The highest BCUT2D eigenvalue weighted by molar-refractivity contribution is 5.16. The number of hydrogen-bond donors (Lipinski definition) is 1. The molecular weight excluding hydrogens is 224 g/mol. The highest BCUT2D eigenvalue weighted by Gasteiger charge is 2.46. The van der Waals surface area contributed by atoms with Crippen molar-refractivity contribution in [3.05, 3.63) is 0 Å². The van der Waals surface area contributed by atoms with Crippen LogP contribution in [0.4, 0.5) is 0 Å². The van der Waals surface area contributed by atoms with Crippen LogP contribution in [0.25, 0.3) is 0 Å². The van der Waals surface area contributed by atoms with E-state index in [1.807, 2.05) is 7.05 Å². The van der Waals surface area contributed by atoms with Crippen molar-refractivity contribution in [1.82, 2.24) is 15.1 Å². The molecule has 0 aromatic rings. The summed E-state index contributed by atoms with van der Waals surface area (Å²) in [6, 6.07) is 3.69. The van der Waals surface area contributed by atoms with Crippen molar-refractivity contribution in [2.75, 3.05) is 33.7 Å². The second-order valence-electron chi connectivity index (χ2n) is 6.17. The molecule has 1 aliphatic carbocycles. The van der Waals surface area contributed by atoms with Gasteiger partial charge in [0.1, 0.15) is 5.54 Å². The van der Waals surface area contributed by atoms with Crippen molar-refractivity contribution in [1.29, 1.82) is 5.26 Å². The largest absolute Gasteiger partial charge is 0.301 e. The summed E-state index contributed by atoms with van der Waals surface area (Å²) in [7, 11) is 4.13. The van der Waals surface area contributed by atoms with E-state index in [0.717, 1.165) is 19.6 Å². The van der Waals surface area contributed by atoms with Gasteiger partial charge in [-0.25, -0.2) is 0 Å². The number of piperazine rings is 1. The number of hydrogen-bond acceptors (Lipinski definition) is 4. The van der Waals surface area contributed by atoms with Gasteiger partial charge >= 0.3 is 0 Å². The first-order valence-corrected chi connectivity index (χ1v) is 7.07. The van der Waals surface area contributed by atoms with E-state index in [1.165, 1.54) is 12.8 Å². The molecule has 4 heteroatoms. The van der Waals surface area contributed by atoms with E-state index in [-0.39, 0.29) is 5.54 Å². The molecule has 0 aromatic carbocycles. The summed E-state index contributed by atoms with van der Waals surface area (Å²) in [5.74, 6) is 0.553. The Balaban J connectivity index is 2.02. The van der Waals surface area contributed by atoms with Crippen LogP contribution in [0, 0.1) is 17.2 Å². The lowest BCUT2D eigenvalue weighted by Gasteiger charge is -2.45. The van der Waals surface area contributed by atoms with Crippen molar-refractivity contribution in [3.63, 3.8) is 0 Å². The number of nitrogens with zero attached hydrogens (tertiary/aromatic N) is 3. The Kier molecular flexibility index (Phi) is 3.96. The van der Waals surface area contributed by atoms with E-state index in [2.05, 4.69) is 42.1 Å². The van der Waals surface area contributed by atoms with E-state index >= 15 is 0 Å². The van der Waals surface area contributed by atoms with Gasteiger partial charge in [0.25, 0.3) is 0 Å². The van der Waals surface area contributed by atoms with Gasteiger partial charge in [0.05, 0.1) is 6.07 Å². The molecule has 18 heavy (non-hydrogen) atoms. The minimum atomic E-state index is -0.324. The first-order valence-electron chi connectivity index (χ1n) is 7.07. The summed E-state index contributed by atoms with van der Waals surface area (Å²) in [6.45, 7) is 7.55. The van der Waals surface area contributed by atoms with Crippen molar-refractivity contribution < 1.29 is 0 Å². The second kappa shape index (κ2) is 5.16. The zero-order valence-electron chi connectivity index (χ0n) is 12.1. The van der Waals surface area contributed by atoms with Gasteiger partial charge in [0.15, 0.2) is 0 Å². The van der Waals surface area contributed by atoms with Gasteiger partial charge in [-0.2, -0.15) is 5.26 Å². The zero-order valence-corrected chi connectivity index (χ0v) is 12.1. The Morgan fingerprint density at radius 3 is 2.22 bits per heavy atom. The van der Waals surface area contributed by atoms with Crippen molar-refractivity contribution in [3.8, 4) is 6.07 Å². The van der Waals surface area contributed by atoms with Crippen LogP contribution in [-0.4, -0.2) is 61.2 Å². The van der Waals surface area contributed by atoms with Crippen LogP contribution in [-0.2, 0) is 0 Å². The summed E-state index contributed by atoms with van der Waals surface area (Å²) in [5, 5.41) is 12.9. The lowest BCUT2D eigenvalue weighted by Crippen LogP contribution is -2.60. The van der Waals surface area contributed by atoms with Crippen LogP contribution in [0.3, 0.4) is 0 Å². The molecule has 1 heterocycles. The fourth-order valence-corrected chi connectivity index (χ4v) is 3.17. The Morgan fingerprint density at radius 1 is 1.28 bits per heavy atom. The Bertz CT molecular complexity index is 321. The molecule has 0 amide bonds. The van der Waals surface area contributed by atoms with E-state index in [4.69, 9.17) is 0 Å². The maximum atomic E-state index is 9.55. The Labute approximate surface area is 111 Å². The first kappa shape index (κ1) is 13.8. The fourth-order valence-electron chi connectivity index (χ4n) is 3.17. The van der Waals surface area contributed by atoms with Gasteiger partial charge in [-0.1, -0.05) is 0 Å². The molecule has 0 spiro atoms. The molecule has 0 aromatic heterocycles. The minimum Gasteiger partial charge on any atom is -0.301 e. The molecule has 102 valence electrons. The van der Waals surface area contributed by atoms with E-state index in [9.17, 15) is 5.26 Å². The molecule has 2 fully saturated rings. The van der Waals surface area contributed by atoms with Crippen molar-refractivity contribution >= 4 is 0 Å².